The third-order valence-electron chi connectivity index (χ3n) is 5.69. The van der Waals surface area contributed by atoms with E-state index in [2.05, 4.69) is 20.6 Å². The van der Waals surface area contributed by atoms with Crippen molar-refractivity contribution in [3.8, 4) is 0 Å². The van der Waals surface area contributed by atoms with Crippen LogP contribution in [0.3, 0.4) is 0 Å². The quantitative estimate of drug-likeness (QED) is 0.0511. The molecule has 214 valence electrons. The van der Waals surface area contributed by atoms with Gasteiger partial charge in [0.1, 0.15) is 18.1 Å². The Labute approximate surface area is 219 Å². The molecule has 1 aliphatic rings. The molecular weight excluding hydrogens is 504 g/mol. The van der Waals surface area contributed by atoms with Gasteiger partial charge in [-0.05, 0) is 38.5 Å². The van der Waals surface area contributed by atoms with Crippen LogP contribution in [-0.2, 0) is 24.0 Å². The van der Waals surface area contributed by atoms with Crippen molar-refractivity contribution in [1.29, 1.82) is 0 Å². The zero-order valence-electron chi connectivity index (χ0n) is 21.0. The third-order valence-corrected chi connectivity index (χ3v) is 5.69. The molecule has 17 heteroatoms. The van der Waals surface area contributed by atoms with E-state index in [4.69, 9.17) is 28.7 Å². The minimum Gasteiger partial charge on any atom is -0.481 e. The van der Waals surface area contributed by atoms with E-state index in [9.17, 15) is 34.2 Å². The highest BCUT2D eigenvalue weighted by atomic mass is 16.4. The van der Waals surface area contributed by atoms with Gasteiger partial charge in [-0.15, -0.1) is 0 Å². The molecule has 1 aliphatic heterocycles. The predicted octanol–water partition coefficient (Wildman–Crippen LogP) is -4.06. The summed E-state index contributed by atoms with van der Waals surface area (Å²) in [5, 5.41) is 23.2. The molecular formula is C21H38N10O7. The molecule has 1 fully saturated rings. The second kappa shape index (κ2) is 15.9. The van der Waals surface area contributed by atoms with Crippen molar-refractivity contribution in [2.45, 2.75) is 69.1 Å². The Bertz CT molecular complexity index is 918. The molecule has 0 bridgehead atoms. The predicted molar refractivity (Wildman–Crippen MR) is 136 cm³/mol. The van der Waals surface area contributed by atoms with E-state index in [-0.39, 0.29) is 57.2 Å². The number of likely N-dealkylation sites (tertiary alicyclic amines) is 1. The number of amides is 3. The first-order valence-electron chi connectivity index (χ1n) is 12.1. The maximum Gasteiger partial charge on any atom is 0.326 e. The molecule has 0 aliphatic carbocycles. The molecule has 1 heterocycles. The third kappa shape index (κ3) is 11.3. The molecule has 0 spiro atoms. The van der Waals surface area contributed by atoms with Crippen molar-refractivity contribution in [2.24, 2.45) is 38.7 Å². The molecule has 38 heavy (non-hydrogen) atoms. The van der Waals surface area contributed by atoms with Gasteiger partial charge in [-0.3, -0.25) is 29.2 Å². The maximum absolute atomic E-state index is 13.0. The van der Waals surface area contributed by atoms with E-state index in [1.165, 1.54) is 4.90 Å². The lowest BCUT2D eigenvalue weighted by molar-refractivity contribution is -0.144. The van der Waals surface area contributed by atoms with Gasteiger partial charge in [0.15, 0.2) is 11.9 Å². The number of aliphatic imine (C=N–C) groups is 2. The number of hydrogen-bond acceptors (Lipinski definition) is 8. The van der Waals surface area contributed by atoms with Gasteiger partial charge in [0.05, 0.1) is 12.5 Å². The zero-order chi connectivity index (χ0) is 28.8. The average molecular weight is 543 g/mol. The topological polar surface area (TPSA) is 308 Å². The summed E-state index contributed by atoms with van der Waals surface area (Å²) < 4.78 is 0. The number of rotatable bonds is 16. The summed E-state index contributed by atoms with van der Waals surface area (Å²) in [6.45, 7) is 0.662. The number of carbonyl (C=O) groups is 5. The summed E-state index contributed by atoms with van der Waals surface area (Å²) in [5.41, 5.74) is 26.9. The molecule has 17 nitrogen and oxygen atoms in total. The Balaban J connectivity index is 2.83. The molecule has 0 aromatic rings. The summed E-state index contributed by atoms with van der Waals surface area (Å²) >= 11 is 0. The molecule has 3 amide bonds. The average Bonchev–Trinajstić information content (AvgIpc) is 3.31. The van der Waals surface area contributed by atoms with Gasteiger partial charge in [-0.25, -0.2) is 4.79 Å². The zero-order valence-corrected chi connectivity index (χ0v) is 21.0. The molecule has 0 aromatic carbocycles. The van der Waals surface area contributed by atoms with Crippen molar-refractivity contribution < 1.29 is 34.2 Å². The van der Waals surface area contributed by atoms with Crippen molar-refractivity contribution in [3.05, 3.63) is 0 Å². The summed E-state index contributed by atoms with van der Waals surface area (Å²) in [7, 11) is 0. The normalized spacial score (nSPS) is 17.0. The van der Waals surface area contributed by atoms with Crippen molar-refractivity contribution in [1.82, 2.24) is 15.5 Å². The van der Waals surface area contributed by atoms with Crippen LogP contribution in [0.2, 0.25) is 0 Å². The standard InChI is InChI=1S/C21H38N10O7/c22-11(4-1-7-27-20(23)24)18(36)31-9-3-6-14(31)17(35)30-13(10-15(32)33)16(34)29-12(19(37)38)5-2-8-28-21(25)26/h11-14H,1-10,22H2,(H,29,34)(H,30,35)(H,32,33)(H,37,38)(H4,23,24,27)(H4,25,26,28). The van der Waals surface area contributed by atoms with Crippen LogP contribution in [0, 0.1) is 0 Å². The summed E-state index contributed by atoms with van der Waals surface area (Å²) in [6.07, 6.45) is 0.855. The highest BCUT2D eigenvalue weighted by Crippen LogP contribution is 2.19. The largest absolute Gasteiger partial charge is 0.481 e. The number of carboxylic acid groups (broad SMARTS) is 2. The lowest BCUT2D eigenvalue weighted by Crippen LogP contribution is -2.57. The van der Waals surface area contributed by atoms with Gasteiger partial charge < -0.3 is 54.4 Å². The van der Waals surface area contributed by atoms with E-state index in [0.29, 0.717) is 12.8 Å². The SMILES string of the molecule is NC(N)=NCCCC(N)C(=O)N1CCCC1C(=O)NC(CC(=O)O)C(=O)NC(CCCN=C(N)N)C(=O)O. The fourth-order valence-electron chi connectivity index (χ4n) is 3.84. The van der Waals surface area contributed by atoms with Gasteiger partial charge in [-0.1, -0.05) is 0 Å². The fourth-order valence-corrected chi connectivity index (χ4v) is 3.84. The van der Waals surface area contributed by atoms with E-state index < -0.39 is 60.2 Å². The lowest BCUT2D eigenvalue weighted by Gasteiger charge is -2.28. The molecule has 14 N–H and O–H groups in total. The van der Waals surface area contributed by atoms with Gasteiger partial charge in [0.2, 0.25) is 17.7 Å². The highest BCUT2D eigenvalue weighted by molar-refractivity contribution is 5.95. The van der Waals surface area contributed by atoms with Crippen molar-refractivity contribution >= 4 is 41.6 Å². The fraction of sp³-hybridized carbons (Fsp3) is 0.667. The second-order valence-electron chi connectivity index (χ2n) is 8.75. The summed E-state index contributed by atoms with van der Waals surface area (Å²) in [5.74, 6) is -5.22. The first-order valence-corrected chi connectivity index (χ1v) is 12.1. The number of nitrogens with one attached hydrogen (secondary N) is 2. The molecule has 0 saturated carbocycles. The second-order valence-corrected chi connectivity index (χ2v) is 8.75. The molecule has 4 atom stereocenters. The minimum atomic E-state index is -1.58. The Hall–Kier alpha value is -4.15. The molecule has 0 aromatic heterocycles. The van der Waals surface area contributed by atoms with Crippen LogP contribution in [0.1, 0.15) is 44.9 Å². The van der Waals surface area contributed by atoms with E-state index in [1.54, 1.807) is 0 Å². The number of nitrogens with two attached hydrogens (primary N) is 5. The first kappa shape index (κ1) is 31.9. The number of hydrogen-bond donors (Lipinski definition) is 9. The molecule has 1 rings (SSSR count). The smallest absolute Gasteiger partial charge is 0.326 e. The maximum atomic E-state index is 13.0. The number of guanidine groups is 2. The summed E-state index contributed by atoms with van der Waals surface area (Å²) in [6, 6.07) is -4.83. The molecule has 4 unspecified atom stereocenters. The van der Waals surface area contributed by atoms with Crippen LogP contribution in [0.5, 0.6) is 0 Å². The number of nitrogens with zero attached hydrogens (tertiary/aromatic N) is 3. The van der Waals surface area contributed by atoms with Gasteiger partial charge in [0, 0.05) is 19.6 Å². The van der Waals surface area contributed by atoms with E-state index in [1.807, 2.05) is 0 Å². The Morgan fingerprint density at radius 2 is 1.47 bits per heavy atom. The summed E-state index contributed by atoms with van der Waals surface area (Å²) in [4.78, 5) is 70.3. The van der Waals surface area contributed by atoms with Crippen molar-refractivity contribution in [3.63, 3.8) is 0 Å². The molecule has 0 radical (unpaired) electrons. The molecule has 1 saturated heterocycles. The van der Waals surface area contributed by atoms with Crippen LogP contribution >= 0.6 is 0 Å². The van der Waals surface area contributed by atoms with Crippen LogP contribution in [0.4, 0.5) is 0 Å². The van der Waals surface area contributed by atoms with E-state index >= 15 is 0 Å². The van der Waals surface area contributed by atoms with Gasteiger partial charge in [0.25, 0.3) is 0 Å². The lowest BCUT2D eigenvalue weighted by atomic mass is 10.1. The Morgan fingerprint density at radius 1 is 0.895 bits per heavy atom. The van der Waals surface area contributed by atoms with Gasteiger partial charge >= 0.3 is 11.9 Å². The highest BCUT2D eigenvalue weighted by Gasteiger charge is 2.38. The van der Waals surface area contributed by atoms with Crippen molar-refractivity contribution in [2.75, 3.05) is 19.6 Å². The minimum absolute atomic E-state index is 0.0441. The number of aliphatic carboxylic acids is 2. The first-order chi connectivity index (χ1) is 17.8. The Kier molecular flexibility index (Phi) is 13.3. The Morgan fingerprint density at radius 3 is 2.00 bits per heavy atom. The van der Waals surface area contributed by atoms with Crippen LogP contribution in [0.15, 0.2) is 9.98 Å². The van der Waals surface area contributed by atoms with Crippen LogP contribution in [-0.4, -0.2) is 100 Å². The van der Waals surface area contributed by atoms with Gasteiger partial charge in [-0.2, -0.15) is 0 Å². The van der Waals surface area contributed by atoms with E-state index in [0.717, 1.165) is 0 Å². The van der Waals surface area contributed by atoms with Crippen LogP contribution in [0.25, 0.3) is 0 Å². The monoisotopic (exact) mass is 542 g/mol. The van der Waals surface area contributed by atoms with Crippen LogP contribution < -0.4 is 39.3 Å². The number of carboxylic acids is 2. The number of carbonyl (C=O) groups excluding carboxylic acids is 3.